The summed E-state index contributed by atoms with van der Waals surface area (Å²) in [4.78, 5) is 8.63. The van der Waals surface area contributed by atoms with Gasteiger partial charge in [0, 0.05) is 42.0 Å². The number of nitrogen functional groups attached to an aromatic ring is 1. The molecule has 2 heterocycles. The van der Waals surface area contributed by atoms with E-state index in [0.717, 1.165) is 23.1 Å². The first-order valence-electron chi connectivity index (χ1n) is 9.62. The molecule has 0 spiro atoms. The summed E-state index contributed by atoms with van der Waals surface area (Å²) in [7, 11) is 1.52. The highest BCUT2D eigenvalue weighted by Gasteiger charge is 2.18. The number of halogens is 2. The van der Waals surface area contributed by atoms with E-state index in [0.29, 0.717) is 29.5 Å². The van der Waals surface area contributed by atoms with Gasteiger partial charge < -0.3 is 15.2 Å². The van der Waals surface area contributed by atoms with E-state index in [1.807, 2.05) is 31.2 Å². The van der Waals surface area contributed by atoms with Crippen LogP contribution in [0.1, 0.15) is 11.1 Å². The fourth-order valence-electron chi connectivity index (χ4n) is 3.19. The third-order valence-electron chi connectivity index (χ3n) is 4.86. The molecule has 0 amide bonds. The number of benzene rings is 2. The summed E-state index contributed by atoms with van der Waals surface area (Å²) in [5.74, 6) is -0.634. The van der Waals surface area contributed by atoms with Crippen LogP contribution in [0.25, 0.3) is 22.4 Å². The van der Waals surface area contributed by atoms with Gasteiger partial charge >= 0.3 is 0 Å². The summed E-state index contributed by atoms with van der Waals surface area (Å²) in [5.41, 5.74) is 7.74. The van der Waals surface area contributed by atoms with Gasteiger partial charge in [-0.2, -0.15) is 5.10 Å². The van der Waals surface area contributed by atoms with E-state index >= 15 is 0 Å². The molecule has 2 aromatic carbocycles. The Bertz CT molecular complexity index is 1220. The summed E-state index contributed by atoms with van der Waals surface area (Å²) in [6.45, 7) is 2.21. The van der Waals surface area contributed by atoms with Crippen LogP contribution in [-0.2, 0) is 11.3 Å². The van der Waals surface area contributed by atoms with Gasteiger partial charge in [-0.25, -0.2) is 18.7 Å². The number of para-hydroxylation sites is 1. The van der Waals surface area contributed by atoms with E-state index < -0.39 is 11.6 Å². The van der Waals surface area contributed by atoms with Gasteiger partial charge in [-0.05, 0) is 13.0 Å². The third kappa shape index (κ3) is 4.17. The van der Waals surface area contributed by atoms with Crippen LogP contribution < -0.4 is 10.5 Å². The summed E-state index contributed by atoms with van der Waals surface area (Å²) in [6.07, 6.45) is 1.62. The molecule has 4 aromatic rings. The van der Waals surface area contributed by atoms with Gasteiger partial charge in [0.25, 0.3) is 0 Å². The average molecular weight is 425 g/mol. The lowest BCUT2D eigenvalue weighted by Gasteiger charge is -2.10. The van der Waals surface area contributed by atoms with Crippen molar-refractivity contribution in [1.82, 2.24) is 19.7 Å². The van der Waals surface area contributed by atoms with Crippen molar-refractivity contribution in [3.05, 3.63) is 65.4 Å². The maximum atomic E-state index is 14.7. The topological polar surface area (TPSA) is 88.1 Å². The number of nitrogens with two attached hydrogens (primary N) is 1. The number of anilines is 1. The fourth-order valence-corrected chi connectivity index (χ4v) is 3.19. The molecule has 2 N–H and O–H groups in total. The predicted octanol–water partition coefficient (Wildman–Crippen LogP) is 3.74. The van der Waals surface area contributed by atoms with Crippen LogP contribution in [0, 0.1) is 18.6 Å². The minimum Gasteiger partial charge on any atom is -0.491 e. The molecule has 0 saturated carbocycles. The van der Waals surface area contributed by atoms with Crippen LogP contribution in [0.2, 0.25) is 0 Å². The van der Waals surface area contributed by atoms with E-state index in [-0.39, 0.29) is 24.5 Å². The standard InChI is InChI=1S/C22H21F2N5O2/c1-13-11-26-22(27-21(13)25)20-15-5-3-4-6-19(15)29(28-20)12-16-17(23)9-14(10-18(16)24)31-8-7-30-2/h3-6,9-11H,7-8,12H2,1-2H3,(H2,25,26,27). The Morgan fingerprint density at radius 3 is 2.55 bits per heavy atom. The summed E-state index contributed by atoms with van der Waals surface area (Å²) < 4.78 is 41.1. The zero-order valence-corrected chi connectivity index (χ0v) is 17.1. The highest BCUT2D eigenvalue weighted by molar-refractivity contribution is 5.91. The van der Waals surface area contributed by atoms with Crippen molar-refractivity contribution >= 4 is 16.7 Å². The Morgan fingerprint density at radius 2 is 1.84 bits per heavy atom. The molecule has 2 aromatic heterocycles. The zero-order valence-electron chi connectivity index (χ0n) is 17.1. The van der Waals surface area contributed by atoms with Crippen molar-refractivity contribution in [1.29, 1.82) is 0 Å². The van der Waals surface area contributed by atoms with E-state index in [2.05, 4.69) is 15.1 Å². The maximum Gasteiger partial charge on any atom is 0.182 e. The van der Waals surface area contributed by atoms with E-state index in [4.69, 9.17) is 15.2 Å². The molecular weight excluding hydrogens is 404 g/mol. The van der Waals surface area contributed by atoms with Gasteiger partial charge in [-0.3, -0.25) is 4.68 Å². The minimum atomic E-state index is -0.718. The molecule has 31 heavy (non-hydrogen) atoms. The van der Waals surface area contributed by atoms with E-state index in [1.165, 1.54) is 11.8 Å². The molecule has 9 heteroatoms. The Balaban J connectivity index is 1.72. The number of rotatable bonds is 7. The number of ether oxygens (including phenoxy) is 2. The molecule has 0 bridgehead atoms. The average Bonchev–Trinajstić information content (AvgIpc) is 3.11. The molecule has 0 aliphatic carbocycles. The van der Waals surface area contributed by atoms with Crippen LogP contribution in [0.4, 0.5) is 14.6 Å². The van der Waals surface area contributed by atoms with Gasteiger partial charge in [0.05, 0.1) is 18.7 Å². The van der Waals surface area contributed by atoms with Gasteiger partial charge in [-0.1, -0.05) is 18.2 Å². The quantitative estimate of drug-likeness (QED) is 0.454. The van der Waals surface area contributed by atoms with Gasteiger partial charge in [0.2, 0.25) is 0 Å². The molecule has 0 aliphatic rings. The molecule has 0 radical (unpaired) electrons. The first-order chi connectivity index (χ1) is 15.0. The van der Waals surface area contributed by atoms with Crippen molar-refractivity contribution in [3.8, 4) is 17.3 Å². The highest BCUT2D eigenvalue weighted by Crippen LogP contribution is 2.28. The van der Waals surface area contributed by atoms with Crippen molar-refractivity contribution in [3.63, 3.8) is 0 Å². The van der Waals surface area contributed by atoms with Crippen LogP contribution in [0.3, 0.4) is 0 Å². The van der Waals surface area contributed by atoms with Crippen molar-refractivity contribution in [2.45, 2.75) is 13.5 Å². The Kier molecular flexibility index (Phi) is 5.77. The van der Waals surface area contributed by atoms with E-state index in [9.17, 15) is 8.78 Å². The normalized spacial score (nSPS) is 11.2. The largest absolute Gasteiger partial charge is 0.491 e. The molecule has 0 aliphatic heterocycles. The lowest BCUT2D eigenvalue weighted by molar-refractivity contribution is 0.146. The number of nitrogens with zero attached hydrogens (tertiary/aromatic N) is 4. The Morgan fingerprint density at radius 1 is 1.10 bits per heavy atom. The molecule has 0 saturated heterocycles. The van der Waals surface area contributed by atoms with Crippen LogP contribution >= 0.6 is 0 Å². The minimum absolute atomic E-state index is 0.102. The fraction of sp³-hybridized carbons (Fsp3) is 0.227. The van der Waals surface area contributed by atoms with Crippen LogP contribution in [0.5, 0.6) is 5.75 Å². The Hall–Kier alpha value is -3.59. The monoisotopic (exact) mass is 425 g/mol. The number of methoxy groups -OCH3 is 1. The molecule has 0 atom stereocenters. The number of hydrogen-bond donors (Lipinski definition) is 1. The second-order valence-corrected chi connectivity index (χ2v) is 6.99. The summed E-state index contributed by atoms with van der Waals surface area (Å²) in [5, 5.41) is 5.30. The van der Waals surface area contributed by atoms with Crippen LogP contribution in [0.15, 0.2) is 42.6 Å². The zero-order chi connectivity index (χ0) is 22.0. The molecule has 4 rings (SSSR count). The number of aryl methyl sites for hydroxylation is 1. The van der Waals surface area contributed by atoms with Gasteiger partial charge in [0.1, 0.15) is 35.5 Å². The number of fused-ring (bicyclic) bond motifs is 1. The Labute approximate surface area is 177 Å². The lowest BCUT2D eigenvalue weighted by atomic mass is 10.1. The first kappa shape index (κ1) is 20.7. The van der Waals surface area contributed by atoms with Gasteiger partial charge in [-0.15, -0.1) is 0 Å². The first-order valence-corrected chi connectivity index (χ1v) is 9.62. The summed E-state index contributed by atoms with van der Waals surface area (Å²) in [6, 6.07) is 9.67. The smallest absolute Gasteiger partial charge is 0.182 e. The summed E-state index contributed by atoms with van der Waals surface area (Å²) >= 11 is 0. The van der Waals surface area contributed by atoms with Gasteiger partial charge in [0.15, 0.2) is 5.82 Å². The molecule has 7 nitrogen and oxygen atoms in total. The maximum absolute atomic E-state index is 14.7. The lowest BCUT2D eigenvalue weighted by Crippen LogP contribution is -2.09. The molecule has 160 valence electrons. The van der Waals surface area contributed by atoms with Crippen molar-refractivity contribution in [2.75, 3.05) is 26.1 Å². The number of hydrogen-bond acceptors (Lipinski definition) is 6. The number of aromatic nitrogens is 4. The SMILES string of the molecule is COCCOc1cc(F)c(Cn2nc(-c3ncc(C)c(N)n3)c3ccccc32)c(F)c1. The third-order valence-corrected chi connectivity index (χ3v) is 4.86. The second-order valence-electron chi connectivity index (χ2n) is 6.99. The van der Waals surface area contributed by atoms with Crippen LogP contribution in [-0.4, -0.2) is 40.1 Å². The molecule has 0 unspecified atom stereocenters. The second kappa shape index (κ2) is 8.65. The molecule has 0 fully saturated rings. The molecular formula is C22H21F2N5O2. The highest BCUT2D eigenvalue weighted by atomic mass is 19.1. The predicted molar refractivity (Wildman–Crippen MR) is 113 cm³/mol. The van der Waals surface area contributed by atoms with Crippen molar-refractivity contribution in [2.24, 2.45) is 0 Å². The van der Waals surface area contributed by atoms with E-state index in [1.54, 1.807) is 6.20 Å². The van der Waals surface area contributed by atoms with Crippen molar-refractivity contribution < 1.29 is 18.3 Å².